The highest BCUT2D eigenvalue weighted by molar-refractivity contribution is 7.96. The van der Waals surface area contributed by atoms with Gasteiger partial charge >= 0.3 is 0 Å². The number of halogens is 2. The number of rotatable bonds is 3. The van der Waals surface area contributed by atoms with Crippen molar-refractivity contribution in [2.24, 2.45) is 0 Å². The van der Waals surface area contributed by atoms with Gasteiger partial charge in [0.25, 0.3) is 0 Å². The zero-order valence-electron chi connectivity index (χ0n) is 15.5. The molecule has 1 aliphatic heterocycles. The van der Waals surface area contributed by atoms with Crippen LogP contribution in [-0.4, -0.2) is 46.5 Å². The van der Waals surface area contributed by atoms with E-state index in [2.05, 4.69) is 32.7 Å². The molecule has 0 amide bonds. The Morgan fingerprint density at radius 1 is 1.00 bits per heavy atom. The predicted octanol–water partition coefficient (Wildman–Crippen LogP) is 4.40. The van der Waals surface area contributed by atoms with Crippen LogP contribution in [0.3, 0.4) is 0 Å². The number of aromatic nitrogens is 2. The Bertz CT molecular complexity index is 949. The Hall–Kier alpha value is -2.12. The predicted molar refractivity (Wildman–Crippen MR) is 108 cm³/mol. The van der Waals surface area contributed by atoms with Crippen molar-refractivity contribution in [2.45, 2.75) is 13.3 Å². The van der Waals surface area contributed by atoms with Crippen LogP contribution in [0, 0.1) is 18.6 Å². The number of benzene rings is 2. The number of nitrogens with zero attached hydrogens (tertiary/aromatic N) is 4. The Labute approximate surface area is 161 Å². The smallest absolute Gasteiger partial charge is 0.161 e. The Kier molecular flexibility index (Phi) is 5.06. The third-order valence-electron chi connectivity index (χ3n) is 5.07. The van der Waals surface area contributed by atoms with Gasteiger partial charge in [-0.3, -0.25) is 0 Å². The monoisotopic (exact) mass is 388 g/mol. The van der Waals surface area contributed by atoms with Gasteiger partial charge in [0.15, 0.2) is 11.6 Å². The highest BCUT2D eigenvalue weighted by atomic mass is 32.2. The first-order valence-corrected chi connectivity index (χ1v) is 10.2. The van der Waals surface area contributed by atoms with Gasteiger partial charge in [-0.05, 0) is 49.4 Å². The fraction of sp³-hybridized carbons (Fsp3) is 0.350. The lowest BCUT2D eigenvalue weighted by Gasteiger charge is -2.23. The summed E-state index contributed by atoms with van der Waals surface area (Å²) in [6.45, 7) is 5.71. The zero-order chi connectivity index (χ0) is 19.0. The Morgan fingerprint density at radius 2 is 1.85 bits per heavy atom. The van der Waals surface area contributed by atoms with Gasteiger partial charge in [0.05, 0.1) is 17.4 Å². The summed E-state index contributed by atoms with van der Waals surface area (Å²) in [5.41, 5.74) is 2.85. The largest absolute Gasteiger partial charge is 0.370 e. The van der Waals surface area contributed by atoms with Crippen molar-refractivity contribution in [3.8, 4) is 5.69 Å². The standard InChI is InChI=1S/C20H22F2N4S/c1-14-10-17(12-18(21)20(14)22)26-19-5-4-16(11-15(19)13-23-26)24-6-3-7-25(27-2)9-8-24/h4-5,10-13H,3,6-9H2,1-2H3. The summed E-state index contributed by atoms with van der Waals surface area (Å²) in [6, 6.07) is 9.02. The number of fused-ring (bicyclic) bond motifs is 1. The lowest BCUT2D eigenvalue weighted by atomic mass is 10.2. The molecule has 3 aromatic rings. The van der Waals surface area contributed by atoms with E-state index in [9.17, 15) is 8.78 Å². The molecule has 1 aromatic heterocycles. The van der Waals surface area contributed by atoms with E-state index in [0.29, 0.717) is 5.69 Å². The summed E-state index contributed by atoms with van der Waals surface area (Å²) in [5.74, 6) is -1.66. The molecule has 0 aliphatic carbocycles. The van der Waals surface area contributed by atoms with Crippen LogP contribution in [0.15, 0.2) is 36.5 Å². The normalized spacial score (nSPS) is 16.1. The van der Waals surface area contributed by atoms with Crippen LogP contribution in [0.1, 0.15) is 12.0 Å². The Morgan fingerprint density at radius 3 is 2.63 bits per heavy atom. The minimum absolute atomic E-state index is 0.271. The summed E-state index contributed by atoms with van der Waals surface area (Å²) in [4.78, 5) is 2.40. The highest BCUT2D eigenvalue weighted by Crippen LogP contribution is 2.26. The molecule has 4 nitrogen and oxygen atoms in total. The van der Waals surface area contributed by atoms with E-state index in [1.807, 2.05) is 6.07 Å². The van der Waals surface area contributed by atoms with E-state index in [4.69, 9.17) is 0 Å². The summed E-state index contributed by atoms with van der Waals surface area (Å²) in [7, 11) is 0. The fourth-order valence-electron chi connectivity index (χ4n) is 3.59. The molecule has 1 fully saturated rings. The average molecular weight is 388 g/mol. The molecular formula is C20H22F2N4S. The average Bonchev–Trinajstić information content (AvgIpc) is 2.94. The molecule has 2 heterocycles. The number of hydrogen-bond acceptors (Lipinski definition) is 4. The molecule has 0 atom stereocenters. The molecule has 7 heteroatoms. The van der Waals surface area contributed by atoms with Crippen molar-refractivity contribution in [3.63, 3.8) is 0 Å². The van der Waals surface area contributed by atoms with Crippen molar-refractivity contribution in [1.29, 1.82) is 0 Å². The van der Waals surface area contributed by atoms with Gasteiger partial charge in [-0.15, -0.1) is 0 Å². The van der Waals surface area contributed by atoms with Crippen LogP contribution in [0.5, 0.6) is 0 Å². The third kappa shape index (κ3) is 3.53. The zero-order valence-corrected chi connectivity index (χ0v) is 16.3. The lowest BCUT2D eigenvalue weighted by molar-refractivity contribution is 0.502. The van der Waals surface area contributed by atoms with Crippen LogP contribution < -0.4 is 4.90 Å². The van der Waals surface area contributed by atoms with Gasteiger partial charge in [-0.1, -0.05) is 11.9 Å². The van der Waals surface area contributed by atoms with Crippen molar-refractivity contribution in [1.82, 2.24) is 14.1 Å². The summed E-state index contributed by atoms with van der Waals surface area (Å²) < 4.78 is 31.5. The lowest BCUT2D eigenvalue weighted by Crippen LogP contribution is -2.27. The molecule has 1 aliphatic rings. The van der Waals surface area contributed by atoms with E-state index in [0.717, 1.165) is 43.5 Å². The van der Waals surface area contributed by atoms with Crippen LogP contribution in [-0.2, 0) is 0 Å². The van der Waals surface area contributed by atoms with Gasteiger partial charge in [0.1, 0.15) is 0 Å². The number of hydrogen-bond donors (Lipinski definition) is 0. The van der Waals surface area contributed by atoms with E-state index in [1.54, 1.807) is 35.8 Å². The van der Waals surface area contributed by atoms with Crippen LogP contribution in [0.2, 0.25) is 0 Å². The molecule has 2 aromatic carbocycles. The molecule has 27 heavy (non-hydrogen) atoms. The van der Waals surface area contributed by atoms with E-state index < -0.39 is 11.6 Å². The molecule has 1 saturated heterocycles. The fourth-order valence-corrected chi connectivity index (χ4v) is 4.16. The molecule has 4 rings (SSSR count). The van der Waals surface area contributed by atoms with Crippen LogP contribution in [0.25, 0.3) is 16.6 Å². The topological polar surface area (TPSA) is 24.3 Å². The first-order valence-electron chi connectivity index (χ1n) is 9.04. The van der Waals surface area contributed by atoms with E-state index >= 15 is 0 Å². The Balaban J connectivity index is 1.66. The van der Waals surface area contributed by atoms with Crippen LogP contribution >= 0.6 is 11.9 Å². The molecule has 0 bridgehead atoms. The minimum atomic E-state index is -0.854. The van der Waals surface area contributed by atoms with Crippen molar-refractivity contribution in [2.75, 3.05) is 37.3 Å². The molecular weight excluding hydrogens is 366 g/mol. The molecule has 0 N–H and O–H groups in total. The van der Waals surface area contributed by atoms with Crippen molar-refractivity contribution < 1.29 is 8.78 Å². The van der Waals surface area contributed by atoms with E-state index in [-0.39, 0.29) is 5.56 Å². The highest BCUT2D eigenvalue weighted by Gasteiger charge is 2.16. The molecule has 0 radical (unpaired) electrons. The van der Waals surface area contributed by atoms with Crippen molar-refractivity contribution in [3.05, 3.63) is 53.7 Å². The summed E-state index contributed by atoms with van der Waals surface area (Å²) >= 11 is 1.80. The third-order valence-corrected chi connectivity index (χ3v) is 5.95. The first-order chi connectivity index (χ1) is 13.1. The molecule has 0 spiro atoms. The van der Waals surface area contributed by atoms with E-state index in [1.165, 1.54) is 11.8 Å². The second-order valence-electron chi connectivity index (χ2n) is 6.81. The maximum Gasteiger partial charge on any atom is 0.161 e. The summed E-state index contributed by atoms with van der Waals surface area (Å²) in [6.07, 6.45) is 5.03. The number of aryl methyl sites for hydroxylation is 1. The quantitative estimate of drug-likeness (QED) is 0.621. The minimum Gasteiger partial charge on any atom is -0.370 e. The van der Waals surface area contributed by atoms with Gasteiger partial charge < -0.3 is 4.90 Å². The maximum absolute atomic E-state index is 13.8. The first kappa shape index (κ1) is 18.3. The molecule has 0 unspecified atom stereocenters. The summed E-state index contributed by atoms with van der Waals surface area (Å²) in [5, 5.41) is 5.39. The van der Waals surface area contributed by atoms with Crippen molar-refractivity contribution >= 4 is 28.5 Å². The van der Waals surface area contributed by atoms with Gasteiger partial charge in [0.2, 0.25) is 0 Å². The van der Waals surface area contributed by atoms with Gasteiger partial charge in [-0.2, -0.15) is 5.10 Å². The molecule has 142 valence electrons. The second-order valence-corrected chi connectivity index (χ2v) is 7.69. The molecule has 0 saturated carbocycles. The number of anilines is 1. The van der Waals surface area contributed by atoms with Gasteiger partial charge in [0, 0.05) is 43.3 Å². The maximum atomic E-state index is 13.8. The SMILES string of the molecule is CSN1CCCN(c2ccc3c(cnn3-c3cc(C)c(F)c(F)c3)c2)CC1. The second kappa shape index (κ2) is 7.48. The van der Waals surface area contributed by atoms with Gasteiger partial charge in [-0.25, -0.2) is 17.8 Å². The van der Waals surface area contributed by atoms with Crippen LogP contribution in [0.4, 0.5) is 14.5 Å².